The maximum absolute atomic E-state index is 11.1. The van der Waals surface area contributed by atoms with Gasteiger partial charge in [0.1, 0.15) is 11.5 Å². The van der Waals surface area contributed by atoms with Crippen molar-refractivity contribution in [3.8, 4) is 17.6 Å². The van der Waals surface area contributed by atoms with Crippen LogP contribution in [0.4, 0.5) is 0 Å². The fraction of sp³-hybridized carbons (Fsp3) is 0.105. The second kappa shape index (κ2) is 7.20. The van der Waals surface area contributed by atoms with Crippen molar-refractivity contribution in [2.45, 2.75) is 13.3 Å². The van der Waals surface area contributed by atoms with Gasteiger partial charge in [0, 0.05) is 18.6 Å². The van der Waals surface area contributed by atoms with E-state index in [4.69, 9.17) is 21.6 Å². The molecule has 0 amide bonds. The van der Waals surface area contributed by atoms with E-state index in [9.17, 15) is 4.79 Å². The minimum absolute atomic E-state index is 0.233. The first kappa shape index (κ1) is 16.7. The van der Waals surface area contributed by atoms with Crippen LogP contribution in [-0.4, -0.2) is 10.2 Å². The summed E-state index contributed by atoms with van der Waals surface area (Å²) in [7, 11) is 0. The molecular weight excluding hydrogens is 338 g/mol. The minimum atomic E-state index is -0.233. The Labute approximate surface area is 149 Å². The number of rotatable bonds is 4. The number of nitrogens with one attached hydrogen (secondary N) is 1. The van der Waals surface area contributed by atoms with E-state index in [2.05, 4.69) is 16.3 Å². The number of ether oxygens (including phenoxy) is 1. The second-order valence-electron chi connectivity index (χ2n) is 5.55. The molecule has 0 bridgehead atoms. The van der Waals surface area contributed by atoms with Crippen molar-refractivity contribution >= 4 is 11.6 Å². The smallest absolute Gasteiger partial charge is 0.264 e. The molecule has 0 spiro atoms. The molecule has 0 atom stereocenters. The van der Waals surface area contributed by atoms with Gasteiger partial charge in [-0.2, -0.15) is 10.4 Å². The molecule has 0 saturated carbocycles. The van der Waals surface area contributed by atoms with Crippen LogP contribution in [0.3, 0.4) is 0 Å². The first-order chi connectivity index (χ1) is 12.0. The summed E-state index contributed by atoms with van der Waals surface area (Å²) in [6.07, 6.45) is 0.555. The molecule has 0 fully saturated rings. The Morgan fingerprint density at radius 1 is 1.16 bits per heavy atom. The summed E-state index contributed by atoms with van der Waals surface area (Å²) in [5.74, 6) is 1.09. The fourth-order valence-corrected chi connectivity index (χ4v) is 2.47. The number of aryl methyl sites for hydroxylation is 1. The number of H-pyrrole nitrogens is 1. The standard InChI is InChI=1S/C19H14ClN3O2/c1-12-2-3-13(8-15-5-7-19(24)23-22-15)9-17(12)25-18-10-14(11-21)4-6-16(18)20/h2-7,9-10H,8H2,1H3,(H,23,24). The van der Waals surface area contributed by atoms with E-state index >= 15 is 0 Å². The number of hydrogen-bond donors (Lipinski definition) is 1. The molecule has 6 heteroatoms. The normalized spacial score (nSPS) is 10.3. The number of aromatic nitrogens is 2. The van der Waals surface area contributed by atoms with Crippen LogP contribution in [0, 0.1) is 18.3 Å². The molecule has 3 aromatic rings. The average molecular weight is 352 g/mol. The van der Waals surface area contributed by atoms with Crippen molar-refractivity contribution in [1.29, 1.82) is 5.26 Å². The minimum Gasteiger partial charge on any atom is -0.455 e. The highest BCUT2D eigenvalue weighted by molar-refractivity contribution is 6.32. The van der Waals surface area contributed by atoms with Crippen LogP contribution in [-0.2, 0) is 6.42 Å². The second-order valence-corrected chi connectivity index (χ2v) is 5.96. The molecule has 5 nitrogen and oxygen atoms in total. The number of nitrogens with zero attached hydrogens (tertiary/aromatic N) is 2. The predicted molar refractivity (Wildman–Crippen MR) is 95.1 cm³/mol. The summed E-state index contributed by atoms with van der Waals surface area (Å²) in [5, 5.41) is 15.9. The zero-order valence-electron chi connectivity index (χ0n) is 13.4. The quantitative estimate of drug-likeness (QED) is 0.770. The third kappa shape index (κ3) is 4.06. The zero-order chi connectivity index (χ0) is 17.8. The van der Waals surface area contributed by atoms with Gasteiger partial charge >= 0.3 is 0 Å². The SMILES string of the molecule is Cc1ccc(Cc2ccc(=O)[nH]n2)cc1Oc1cc(C#N)ccc1Cl. The van der Waals surface area contributed by atoms with E-state index in [0.29, 0.717) is 28.5 Å². The molecule has 1 heterocycles. The summed E-state index contributed by atoms with van der Waals surface area (Å²) in [6, 6.07) is 15.9. The van der Waals surface area contributed by atoms with Gasteiger partial charge in [-0.05, 0) is 42.3 Å². The van der Waals surface area contributed by atoms with Crippen LogP contribution in [0.5, 0.6) is 11.5 Å². The lowest BCUT2D eigenvalue weighted by Gasteiger charge is -2.12. The van der Waals surface area contributed by atoms with Crippen molar-refractivity contribution in [3.05, 3.63) is 86.3 Å². The molecule has 0 aliphatic rings. The van der Waals surface area contributed by atoms with Gasteiger partial charge in [-0.15, -0.1) is 0 Å². The molecule has 0 aliphatic heterocycles. The lowest BCUT2D eigenvalue weighted by molar-refractivity contribution is 0.478. The van der Waals surface area contributed by atoms with Crippen LogP contribution in [0.2, 0.25) is 5.02 Å². The molecule has 2 aromatic carbocycles. The summed E-state index contributed by atoms with van der Waals surface area (Å²) in [4.78, 5) is 11.1. The maximum atomic E-state index is 11.1. The van der Waals surface area contributed by atoms with Gasteiger partial charge < -0.3 is 4.74 Å². The number of halogens is 1. The molecule has 25 heavy (non-hydrogen) atoms. The Morgan fingerprint density at radius 2 is 2.00 bits per heavy atom. The van der Waals surface area contributed by atoms with E-state index in [1.807, 2.05) is 25.1 Å². The number of benzene rings is 2. The Hall–Kier alpha value is -3.10. The fourth-order valence-electron chi connectivity index (χ4n) is 2.31. The summed E-state index contributed by atoms with van der Waals surface area (Å²) in [5.41, 5.74) is 2.91. The van der Waals surface area contributed by atoms with Gasteiger partial charge in [0.05, 0.1) is 22.3 Å². The first-order valence-electron chi connectivity index (χ1n) is 7.57. The van der Waals surface area contributed by atoms with Gasteiger partial charge in [0.15, 0.2) is 0 Å². The van der Waals surface area contributed by atoms with Crippen LogP contribution in [0.25, 0.3) is 0 Å². The maximum Gasteiger partial charge on any atom is 0.264 e. The molecule has 124 valence electrons. The molecule has 0 radical (unpaired) electrons. The van der Waals surface area contributed by atoms with Crippen molar-refractivity contribution in [1.82, 2.24) is 10.2 Å². The van der Waals surface area contributed by atoms with Crippen molar-refractivity contribution in [3.63, 3.8) is 0 Å². The van der Waals surface area contributed by atoms with Gasteiger partial charge in [0.2, 0.25) is 0 Å². The average Bonchev–Trinajstić information content (AvgIpc) is 2.61. The largest absolute Gasteiger partial charge is 0.455 e. The van der Waals surface area contributed by atoms with Gasteiger partial charge in [-0.1, -0.05) is 23.7 Å². The predicted octanol–water partition coefficient (Wildman–Crippen LogP) is 3.99. The molecule has 1 aromatic heterocycles. The molecule has 3 rings (SSSR count). The van der Waals surface area contributed by atoms with Crippen LogP contribution < -0.4 is 10.3 Å². The zero-order valence-corrected chi connectivity index (χ0v) is 14.2. The van der Waals surface area contributed by atoms with Crippen LogP contribution in [0.1, 0.15) is 22.4 Å². The highest BCUT2D eigenvalue weighted by Gasteiger charge is 2.09. The summed E-state index contributed by atoms with van der Waals surface area (Å²) >= 11 is 6.16. The van der Waals surface area contributed by atoms with Crippen molar-refractivity contribution in [2.24, 2.45) is 0 Å². The topological polar surface area (TPSA) is 78.8 Å². The first-order valence-corrected chi connectivity index (χ1v) is 7.94. The number of hydrogen-bond acceptors (Lipinski definition) is 4. The molecule has 0 unspecified atom stereocenters. The highest BCUT2D eigenvalue weighted by atomic mass is 35.5. The Balaban J connectivity index is 1.88. The van der Waals surface area contributed by atoms with Gasteiger partial charge in [-0.25, -0.2) is 5.10 Å². The number of aromatic amines is 1. The van der Waals surface area contributed by atoms with Crippen LogP contribution in [0.15, 0.2) is 53.3 Å². The van der Waals surface area contributed by atoms with E-state index in [-0.39, 0.29) is 5.56 Å². The molecular formula is C19H14ClN3O2. The molecule has 0 aliphatic carbocycles. The molecule has 1 N–H and O–H groups in total. The molecule has 0 saturated heterocycles. The van der Waals surface area contributed by atoms with E-state index < -0.39 is 0 Å². The third-order valence-corrected chi connectivity index (χ3v) is 3.97. The highest BCUT2D eigenvalue weighted by Crippen LogP contribution is 2.32. The third-order valence-electron chi connectivity index (χ3n) is 3.65. The lowest BCUT2D eigenvalue weighted by atomic mass is 10.1. The van der Waals surface area contributed by atoms with Crippen molar-refractivity contribution in [2.75, 3.05) is 0 Å². The Kier molecular flexibility index (Phi) is 4.82. The monoisotopic (exact) mass is 351 g/mol. The van der Waals surface area contributed by atoms with Gasteiger partial charge in [0.25, 0.3) is 5.56 Å². The number of nitriles is 1. The Morgan fingerprint density at radius 3 is 2.72 bits per heavy atom. The van der Waals surface area contributed by atoms with Crippen LogP contribution >= 0.6 is 11.6 Å². The van der Waals surface area contributed by atoms with E-state index in [1.165, 1.54) is 6.07 Å². The summed E-state index contributed by atoms with van der Waals surface area (Å²) < 4.78 is 5.92. The summed E-state index contributed by atoms with van der Waals surface area (Å²) in [6.45, 7) is 1.93. The van der Waals surface area contributed by atoms with E-state index in [0.717, 1.165) is 16.8 Å². The van der Waals surface area contributed by atoms with Gasteiger partial charge in [-0.3, -0.25) is 4.79 Å². The van der Waals surface area contributed by atoms with Crippen molar-refractivity contribution < 1.29 is 4.74 Å². The lowest BCUT2D eigenvalue weighted by Crippen LogP contribution is -2.07. The Bertz CT molecular complexity index is 1000. The van der Waals surface area contributed by atoms with E-state index in [1.54, 1.807) is 24.3 Å².